The summed E-state index contributed by atoms with van der Waals surface area (Å²) in [6, 6.07) is 5.12. The van der Waals surface area contributed by atoms with E-state index in [1.54, 1.807) is 12.1 Å². The van der Waals surface area contributed by atoms with E-state index >= 15 is 0 Å². The van der Waals surface area contributed by atoms with Gasteiger partial charge in [-0.3, -0.25) is 4.90 Å². The summed E-state index contributed by atoms with van der Waals surface area (Å²) in [6.07, 6.45) is 2.68. The van der Waals surface area contributed by atoms with Crippen molar-refractivity contribution < 1.29 is 4.39 Å². The van der Waals surface area contributed by atoms with E-state index in [9.17, 15) is 4.39 Å². The van der Waals surface area contributed by atoms with Crippen LogP contribution in [0.5, 0.6) is 0 Å². The lowest BCUT2D eigenvalue weighted by atomic mass is 9.92. The van der Waals surface area contributed by atoms with Gasteiger partial charge in [-0.05, 0) is 43.4 Å². The van der Waals surface area contributed by atoms with E-state index in [0.29, 0.717) is 0 Å². The molecule has 0 aromatic heterocycles. The van der Waals surface area contributed by atoms with Crippen LogP contribution in [0.2, 0.25) is 5.02 Å². The molecule has 1 saturated carbocycles. The fraction of sp³-hybridized carbons (Fsp3) is 0.600. The minimum atomic E-state index is -0.320. The van der Waals surface area contributed by atoms with E-state index in [4.69, 9.17) is 11.6 Å². The number of rotatable bonds is 3. The Balaban J connectivity index is 1.67. The molecule has 0 radical (unpaired) electrons. The fourth-order valence-electron chi connectivity index (χ4n) is 3.12. The summed E-state index contributed by atoms with van der Waals surface area (Å²) in [5, 5.41) is 3.86. The first kappa shape index (κ1) is 13.3. The maximum Gasteiger partial charge on any atom is 0.142 e. The van der Waals surface area contributed by atoms with Crippen LogP contribution < -0.4 is 5.32 Å². The van der Waals surface area contributed by atoms with Crippen molar-refractivity contribution in [2.24, 2.45) is 5.92 Å². The zero-order chi connectivity index (χ0) is 13.5. The van der Waals surface area contributed by atoms with Crippen LogP contribution in [0.15, 0.2) is 18.2 Å². The van der Waals surface area contributed by atoms with Crippen LogP contribution in [0.3, 0.4) is 0 Å². The van der Waals surface area contributed by atoms with Gasteiger partial charge in [0.05, 0.1) is 5.02 Å². The number of halogens is 2. The number of hydrogen-bond donors (Lipinski definition) is 1. The SMILES string of the molecule is CC1(C2CC2)CN(Cc2ccc(Cl)c(F)c2)CCN1. The normalized spacial score (nSPS) is 28.6. The maximum atomic E-state index is 13.5. The minimum absolute atomic E-state index is 0.201. The molecule has 0 spiro atoms. The van der Waals surface area contributed by atoms with Gasteiger partial charge >= 0.3 is 0 Å². The van der Waals surface area contributed by atoms with Gasteiger partial charge in [-0.1, -0.05) is 17.7 Å². The molecule has 2 nitrogen and oxygen atoms in total. The van der Waals surface area contributed by atoms with Crippen LogP contribution in [0.1, 0.15) is 25.3 Å². The fourth-order valence-corrected chi connectivity index (χ4v) is 3.24. The maximum absolute atomic E-state index is 13.5. The van der Waals surface area contributed by atoms with Gasteiger partial charge in [0.2, 0.25) is 0 Å². The first-order valence-electron chi connectivity index (χ1n) is 6.98. The molecule has 1 heterocycles. The molecule has 1 saturated heterocycles. The van der Waals surface area contributed by atoms with Crippen molar-refractivity contribution in [3.05, 3.63) is 34.6 Å². The average molecular weight is 283 g/mol. The van der Waals surface area contributed by atoms with Crippen LogP contribution in [0.4, 0.5) is 4.39 Å². The van der Waals surface area contributed by atoms with Gasteiger partial charge in [0.1, 0.15) is 5.82 Å². The summed E-state index contributed by atoms with van der Waals surface area (Å²) in [7, 11) is 0. The highest BCUT2D eigenvalue weighted by atomic mass is 35.5. The summed E-state index contributed by atoms with van der Waals surface area (Å²) >= 11 is 5.72. The number of hydrogen-bond acceptors (Lipinski definition) is 2. The van der Waals surface area contributed by atoms with E-state index < -0.39 is 0 Å². The van der Waals surface area contributed by atoms with Crippen molar-refractivity contribution in [2.45, 2.75) is 31.8 Å². The Labute approximate surface area is 118 Å². The molecule has 2 aliphatic rings. The molecule has 4 heteroatoms. The van der Waals surface area contributed by atoms with Gasteiger partial charge in [-0.25, -0.2) is 4.39 Å². The second-order valence-electron chi connectivity index (χ2n) is 6.08. The molecule has 3 rings (SSSR count). The molecule has 104 valence electrons. The average Bonchev–Trinajstić information content (AvgIpc) is 3.18. The van der Waals surface area contributed by atoms with E-state index in [1.165, 1.54) is 12.8 Å². The van der Waals surface area contributed by atoms with Crippen LogP contribution >= 0.6 is 11.6 Å². The highest BCUT2D eigenvalue weighted by Crippen LogP contribution is 2.40. The molecule has 1 aliphatic heterocycles. The van der Waals surface area contributed by atoms with Crippen molar-refractivity contribution >= 4 is 11.6 Å². The zero-order valence-corrected chi connectivity index (χ0v) is 12.0. The van der Waals surface area contributed by atoms with Crippen LogP contribution in [-0.4, -0.2) is 30.1 Å². The number of benzene rings is 1. The van der Waals surface area contributed by atoms with Crippen molar-refractivity contribution in [3.63, 3.8) is 0 Å². The van der Waals surface area contributed by atoms with Crippen molar-refractivity contribution in [1.82, 2.24) is 10.2 Å². The van der Waals surface area contributed by atoms with Crippen molar-refractivity contribution in [3.8, 4) is 0 Å². The molecule has 2 fully saturated rings. The van der Waals surface area contributed by atoms with Gasteiger partial charge in [-0.15, -0.1) is 0 Å². The minimum Gasteiger partial charge on any atom is -0.309 e. The topological polar surface area (TPSA) is 15.3 Å². The highest BCUT2D eigenvalue weighted by Gasteiger charge is 2.43. The molecule has 0 amide bonds. The summed E-state index contributed by atoms with van der Waals surface area (Å²) in [5.41, 5.74) is 1.24. The highest BCUT2D eigenvalue weighted by molar-refractivity contribution is 6.30. The van der Waals surface area contributed by atoms with Crippen LogP contribution in [0, 0.1) is 11.7 Å². The Morgan fingerprint density at radius 1 is 1.47 bits per heavy atom. The van der Waals surface area contributed by atoms with E-state index in [0.717, 1.165) is 37.7 Å². The van der Waals surface area contributed by atoms with Crippen LogP contribution in [0.25, 0.3) is 0 Å². The number of piperazine rings is 1. The summed E-state index contributed by atoms with van der Waals surface area (Å²) in [6.45, 7) is 6.20. The molecular formula is C15H20ClFN2. The standard InChI is InChI=1S/C15H20ClFN2/c1-15(12-3-4-12)10-19(7-6-18-15)9-11-2-5-13(16)14(17)8-11/h2,5,8,12,18H,3-4,6-7,9-10H2,1H3. The molecule has 1 N–H and O–H groups in total. The van der Waals surface area contributed by atoms with E-state index in [-0.39, 0.29) is 16.4 Å². The smallest absolute Gasteiger partial charge is 0.142 e. The number of nitrogens with zero attached hydrogens (tertiary/aromatic N) is 1. The third-order valence-electron chi connectivity index (χ3n) is 4.38. The Bertz CT molecular complexity index is 475. The van der Waals surface area contributed by atoms with Gasteiger partial charge in [-0.2, -0.15) is 0 Å². The van der Waals surface area contributed by atoms with Gasteiger partial charge in [0.25, 0.3) is 0 Å². The summed E-state index contributed by atoms with van der Waals surface area (Å²) < 4.78 is 13.5. The quantitative estimate of drug-likeness (QED) is 0.917. The molecule has 19 heavy (non-hydrogen) atoms. The third kappa shape index (κ3) is 2.93. The molecule has 1 aliphatic carbocycles. The molecule has 1 aromatic carbocycles. The molecule has 1 unspecified atom stereocenters. The Hall–Kier alpha value is -0.640. The molecule has 1 aromatic rings. The predicted molar refractivity (Wildman–Crippen MR) is 75.8 cm³/mol. The molecule has 1 atom stereocenters. The third-order valence-corrected chi connectivity index (χ3v) is 4.68. The Kier molecular flexibility index (Phi) is 3.54. The molecule has 0 bridgehead atoms. The Morgan fingerprint density at radius 2 is 2.26 bits per heavy atom. The van der Waals surface area contributed by atoms with Crippen molar-refractivity contribution in [1.29, 1.82) is 0 Å². The van der Waals surface area contributed by atoms with Gasteiger partial charge < -0.3 is 5.32 Å². The van der Waals surface area contributed by atoms with E-state index in [1.807, 2.05) is 6.07 Å². The first-order chi connectivity index (χ1) is 9.07. The second-order valence-corrected chi connectivity index (χ2v) is 6.48. The lowest BCUT2D eigenvalue weighted by molar-refractivity contribution is 0.121. The lowest BCUT2D eigenvalue weighted by Gasteiger charge is -2.42. The summed E-state index contributed by atoms with van der Waals surface area (Å²) in [4.78, 5) is 2.41. The largest absolute Gasteiger partial charge is 0.309 e. The monoisotopic (exact) mass is 282 g/mol. The number of nitrogens with one attached hydrogen (secondary N) is 1. The second kappa shape index (κ2) is 5.04. The van der Waals surface area contributed by atoms with Gasteiger partial charge in [0, 0.05) is 31.7 Å². The zero-order valence-electron chi connectivity index (χ0n) is 11.3. The van der Waals surface area contributed by atoms with Gasteiger partial charge in [0.15, 0.2) is 0 Å². The van der Waals surface area contributed by atoms with Crippen LogP contribution in [-0.2, 0) is 6.54 Å². The van der Waals surface area contributed by atoms with E-state index in [2.05, 4.69) is 17.1 Å². The predicted octanol–water partition coefficient (Wildman–Crippen LogP) is 3.05. The Morgan fingerprint density at radius 3 is 2.95 bits per heavy atom. The summed E-state index contributed by atoms with van der Waals surface area (Å²) in [5.74, 6) is 0.497. The molecular weight excluding hydrogens is 263 g/mol. The first-order valence-corrected chi connectivity index (χ1v) is 7.36. The van der Waals surface area contributed by atoms with Crippen molar-refractivity contribution in [2.75, 3.05) is 19.6 Å². The lowest BCUT2D eigenvalue weighted by Crippen LogP contribution is -2.59.